The first-order valence-electron chi connectivity index (χ1n) is 8.28. The molecule has 1 N–H and O–H groups in total. The van der Waals surface area contributed by atoms with Gasteiger partial charge in [0.15, 0.2) is 0 Å². The number of carboxylic acids is 1. The number of rotatable bonds is 4. The summed E-state index contributed by atoms with van der Waals surface area (Å²) in [5.41, 5.74) is 4.48. The predicted octanol–water partition coefficient (Wildman–Crippen LogP) is 5.71. The molecule has 0 unspecified atom stereocenters. The van der Waals surface area contributed by atoms with Crippen LogP contribution in [0.15, 0.2) is 78.9 Å². The minimum absolute atomic E-state index is 0.295. The van der Waals surface area contributed by atoms with Crippen LogP contribution in [0.2, 0.25) is 5.02 Å². The van der Waals surface area contributed by atoms with Crippen LogP contribution in [-0.4, -0.2) is 15.6 Å². The van der Waals surface area contributed by atoms with E-state index < -0.39 is 5.97 Å². The number of aromatic nitrogens is 1. The lowest BCUT2D eigenvalue weighted by Crippen LogP contribution is -2.03. The van der Waals surface area contributed by atoms with E-state index in [0.29, 0.717) is 17.1 Å². The summed E-state index contributed by atoms with van der Waals surface area (Å²) in [4.78, 5) is 11.3. The molecule has 3 nitrogen and oxygen atoms in total. The lowest BCUT2D eigenvalue weighted by Gasteiger charge is -2.12. The maximum atomic E-state index is 11.3. The Labute approximate surface area is 156 Å². The zero-order valence-electron chi connectivity index (χ0n) is 13.9. The second-order valence-corrected chi connectivity index (χ2v) is 6.63. The molecular weight excluding hydrogens is 346 g/mol. The van der Waals surface area contributed by atoms with Crippen LogP contribution in [0, 0.1) is 0 Å². The van der Waals surface area contributed by atoms with Gasteiger partial charge in [0.1, 0.15) is 0 Å². The van der Waals surface area contributed by atoms with E-state index in [1.165, 1.54) is 0 Å². The maximum absolute atomic E-state index is 11.3. The van der Waals surface area contributed by atoms with Gasteiger partial charge in [0.25, 0.3) is 0 Å². The minimum Gasteiger partial charge on any atom is -0.478 e. The summed E-state index contributed by atoms with van der Waals surface area (Å²) in [6.07, 6.45) is 0. The summed E-state index contributed by atoms with van der Waals surface area (Å²) in [6.45, 7) is 0.580. The summed E-state index contributed by atoms with van der Waals surface area (Å²) >= 11 is 6.17. The van der Waals surface area contributed by atoms with Crippen molar-refractivity contribution < 1.29 is 9.90 Å². The molecule has 1 heterocycles. The molecule has 0 saturated heterocycles. The molecule has 0 atom stereocenters. The van der Waals surface area contributed by atoms with Gasteiger partial charge in [0.05, 0.1) is 5.56 Å². The van der Waals surface area contributed by atoms with E-state index in [2.05, 4.69) is 22.8 Å². The molecule has 0 aliphatic heterocycles. The molecule has 0 saturated carbocycles. The van der Waals surface area contributed by atoms with E-state index in [9.17, 15) is 9.90 Å². The van der Waals surface area contributed by atoms with Crippen LogP contribution >= 0.6 is 11.6 Å². The summed E-state index contributed by atoms with van der Waals surface area (Å²) in [6, 6.07) is 25.2. The van der Waals surface area contributed by atoms with Crippen molar-refractivity contribution >= 4 is 28.5 Å². The molecule has 4 rings (SSSR count). The molecule has 4 aromatic rings. The fourth-order valence-electron chi connectivity index (χ4n) is 3.25. The Bertz CT molecular complexity index is 1100. The maximum Gasteiger partial charge on any atom is 0.335 e. The van der Waals surface area contributed by atoms with Gasteiger partial charge in [0, 0.05) is 28.2 Å². The monoisotopic (exact) mass is 361 g/mol. The van der Waals surface area contributed by atoms with Crippen molar-refractivity contribution in [3.8, 4) is 11.3 Å². The van der Waals surface area contributed by atoms with Crippen LogP contribution in [0.25, 0.3) is 22.2 Å². The highest BCUT2D eigenvalue weighted by Gasteiger charge is 2.12. The fourth-order valence-corrected chi connectivity index (χ4v) is 3.43. The van der Waals surface area contributed by atoms with Gasteiger partial charge in [-0.3, -0.25) is 0 Å². The quantitative estimate of drug-likeness (QED) is 0.506. The normalized spacial score (nSPS) is 11.0. The highest BCUT2D eigenvalue weighted by atomic mass is 35.5. The Hall–Kier alpha value is -3.04. The Morgan fingerprint density at radius 1 is 0.923 bits per heavy atom. The van der Waals surface area contributed by atoms with Crippen molar-refractivity contribution in [2.45, 2.75) is 6.54 Å². The highest BCUT2D eigenvalue weighted by Crippen LogP contribution is 2.30. The first-order chi connectivity index (χ1) is 12.6. The van der Waals surface area contributed by atoms with E-state index in [4.69, 9.17) is 11.6 Å². The van der Waals surface area contributed by atoms with E-state index in [0.717, 1.165) is 27.7 Å². The molecule has 0 amide bonds. The Morgan fingerprint density at radius 2 is 1.73 bits per heavy atom. The van der Waals surface area contributed by atoms with Gasteiger partial charge < -0.3 is 9.67 Å². The van der Waals surface area contributed by atoms with Crippen LogP contribution in [-0.2, 0) is 6.54 Å². The topological polar surface area (TPSA) is 42.2 Å². The fraction of sp³-hybridized carbons (Fsp3) is 0.0455. The lowest BCUT2D eigenvalue weighted by atomic mass is 10.1. The number of carboxylic acid groups (broad SMARTS) is 1. The molecular formula is C22H16ClNO2. The van der Waals surface area contributed by atoms with Crippen molar-refractivity contribution in [2.24, 2.45) is 0 Å². The Morgan fingerprint density at radius 3 is 2.50 bits per heavy atom. The summed E-state index contributed by atoms with van der Waals surface area (Å²) in [7, 11) is 0. The average molecular weight is 362 g/mol. The summed E-state index contributed by atoms with van der Waals surface area (Å²) in [5, 5.41) is 11.0. The van der Waals surface area contributed by atoms with Crippen molar-refractivity contribution in [3.63, 3.8) is 0 Å². The first-order valence-corrected chi connectivity index (χ1v) is 8.66. The third-order valence-electron chi connectivity index (χ3n) is 4.45. The zero-order valence-corrected chi connectivity index (χ0v) is 14.6. The average Bonchev–Trinajstić information content (AvgIpc) is 3.00. The molecule has 0 spiro atoms. The molecule has 0 fully saturated rings. The molecule has 26 heavy (non-hydrogen) atoms. The van der Waals surface area contributed by atoms with E-state index in [1.807, 2.05) is 42.5 Å². The summed E-state index contributed by atoms with van der Waals surface area (Å²) < 4.78 is 2.20. The van der Waals surface area contributed by atoms with E-state index in [1.54, 1.807) is 18.2 Å². The van der Waals surface area contributed by atoms with Crippen LogP contribution in [0.4, 0.5) is 0 Å². The number of hydrogen-bond acceptors (Lipinski definition) is 1. The third-order valence-corrected chi connectivity index (χ3v) is 4.68. The van der Waals surface area contributed by atoms with Gasteiger partial charge in [0.2, 0.25) is 0 Å². The molecule has 3 aromatic carbocycles. The number of carbonyl (C=O) groups is 1. The Balaban J connectivity index is 1.87. The Kier molecular flexibility index (Phi) is 4.23. The van der Waals surface area contributed by atoms with Gasteiger partial charge >= 0.3 is 5.97 Å². The van der Waals surface area contributed by atoms with Crippen LogP contribution in [0.1, 0.15) is 15.9 Å². The van der Waals surface area contributed by atoms with Gasteiger partial charge in [-0.05, 0) is 47.5 Å². The molecule has 0 aliphatic rings. The van der Waals surface area contributed by atoms with Gasteiger partial charge in [-0.15, -0.1) is 0 Å². The van der Waals surface area contributed by atoms with Gasteiger partial charge in [-0.2, -0.15) is 0 Å². The van der Waals surface area contributed by atoms with Crippen LogP contribution < -0.4 is 0 Å². The predicted molar refractivity (Wildman–Crippen MR) is 105 cm³/mol. The minimum atomic E-state index is -0.917. The highest BCUT2D eigenvalue weighted by molar-refractivity contribution is 6.31. The van der Waals surface area contributed by atoms with Gasteiger partial charge in [-0.1, -0.05) is 54.1 Å². The molecule has 4 heteroatoms. The number of hydrogen-bond donors (Lipinski definition) is 1. The second-order valence-electron chi connectivity index (χ2n) is 6.19. The number of nitrogens with zero attached hydrogens (tertiary/aromatic N) is 1. The lowest BCUT2D eigenvalue weighted by molar-refractivity contribution is 0.0696. The molecule has 1 aromatic heterocycles. The van der Waals surface area contributed by atoms with E-state index >= 15 is 0 Å². The van der Waals surface area contributed by atoms with Gasteiger partial charge in [-0.25, -0.2) is 4.79 Å². The standard InChI is InChI=1S/C22H16ClNO2/c23-19-9-10-20-18(12-19)13-21(16-6-2-1-3-7-16)24(20)14-15-5-4-8-17(11-15)22(25)26/h1-13H,14H2,(H,25,26). The number of fused-ring (bicyclic) bond motifs is 1. The number of halogens is 1. The second kappa shape index (κ2) is 6.70. The van der Waals surface area contributed by atoms with Crippen molar-refractivity contribution in [2.75, 3.05) is 0 Å². The first kappa shape index (κ1) is 16.4. The molecule has 0 radical (unpaired) electrons. The molecule has 0 aliphatic carbocycles. The SMILES string of the molecule is O=C(O)c1cccc(Cn2c(-c3ccccc3)cc3cc(Cl)ccc32)c1. The van der Waals surface area contributed by atoms with Crippen LogP contribution in [0.3, 0.4) is 0 Å². The smallest absolute Gasteiger partial charge is 0.335 e. The van der Waals surface area contributed by atoms with Crippen molar-refractivity contribution in [1.29, 1.82) is 0 Å². The number of aromatic carboxylic acids is 1. The molecule has 0 bridgehead atoms. The van der Waals surface area contributed by atoms with E-state index in [-0.39, 0.29) is 0 Å². The molecule has 128 valence electrons. The zero-order chi connectivity index (χ0) is 18.1. The third kappa shape index (κ3) is 3.09. The largest absolute Gasteiger partial charge is 0.478 e. The van der Waals surface area contributed by atoms with Crippen molar-refractivity contribution in [3.05, 3.63) is 95.0 Å². The van der Waals surface area contributed by atoms with Crippen molar-refractivity contribution in [1.82, 2.24) is 4.57 Å². The summed E-state index contributed by atoms with van der Waals surface area (Å²) in [5.74, 6) is -0.917. The number of benzene rings is 3. The van der Waals surface area contributed by atoms with Crippen LogP contribution in [0.5, 0.6) is 0 Å².